The summed E-state index contributed by atoms with van der Waals surface area (Å²) in [6.45, 7) is 0. The molecule has 0 amide bonds. The number of aryl methyl sites for hydroxylation is 1. The normalized spacial score (nSPS) is 17.8. The number of halogens is 2. The van der Waals surface area contributed by atoms with Gasteiger partial charge < -0.3 is 0 Å². The second kappa shape index (κ2) is 4.65. The fraction of sp³-hybridized carbons (Fsp3) is 0.231. The van der Waals surface area contributed by atoms with Crippen LogP contribution in [0.1, 0.15) is 34.0 Å². The van der Waals surface area contributed by atoms with Gasteiger partial charge in [-0.05, 0) is 30.5 Å². The lowest BCUT2D eigenvalue weighted by molar-refractivity contribution is 0.0958. The number of aromatic nitrogens is 1. The van der Waals surface area contributed by atoms with Gasteiger partial charge in [-0.15, -0.1) is 11.3 Å². The maximum atomic E-state index is 12.5. The van der Waals surface area contributed by atoms with Gasteiger partial charge in [-0.25, -0.2) is 0 Å². The lowest BCUT2D eigenvalue weighted by atomic mass is 9.97. The molecule has 0 N–H and O–H groups in total. The third-order valence-electron chi connectivity index (χ3n) is 3.20. The number of carbonyl (C=O) groups is 1. The third-order valence-corrected chi connectivity index (χ3v) is 4.68. The number of pyridine rings is 1. The van der Waals surface area contributed by atoms with Gasteiger partial charge in [0.05, 0.1) is 15.9 Å². The zero-order chi connectivity index (χ0) is 12.7. The lowest BCUT2D eigenvalue weighted by Crippen LogP contribution is -2.10. The Hall–Kier alpha value is -0.900. The smallest absolute Gasteiger partial charge is 0.174 e. The molecule has 0 aromatic carbocycles. The monoisotopic (exact) mass is 297 g/mol. The van der Waals surface area contributed by atoms with Gasteiger partial charge in [-0.2, -0.15) is 0 Å². The first kappa shape index (κ1) is 12.2. The van der Waals surface area contributed by atoms with Gasteiger partial charge >= 0.3 is 0 Å². The Morgan fingerprint density at radius 1 is 1.44 bits per heavy atom. The first-order chi connectivity index (χ1) is 8.66. The van der Waals surface area contributed by atoms with Crippen LogP contribution in [-0.4, -0.2) is 10.8 Å². The highest BCUT2D eigenvalue weighted by atomic mass is 35.5. The predicted molar refractivity (Wildman–Crippen MR) is 74.0 cm³/mol. The molecular formula is C13H9Cl2NOS. The first-order valence-electron chi connectivity index (χ1n) is 5.59. The van der Waals surface area contributed by atoms with Crippen molar-refractivity contribution in [2.45, 2.75) is 18.8 Å². The quantitative estimate of drug-likeness (QED) is 0.771. The van der Waals surface area contributed by atoms with Crippen LogP contribution in [0.2, 0.25) is 8.67 Å². The summed E-state index contributed by atoms with van der Waals surface area (Å²) in [7, 11) is 0. The van der Waals surface area contributed by atoms with E-state index in [1.165, 1.54) is 11.3 Å². The van der Waals surface area contributed by atoms with Gasteiger partial charge in [-0.1, -0.05) is 29.3 Å². The van der Waals surface area contributed by atoms with Crippen molar-refractivity contribution in [3.05, 3.63) is 49.9 Å². The van der Waals surface area contributed by atoms with Gasteiger partial charge in [0.1, 0.15) is 4.34 Å². The van der Waals surface area contributed by atoms with E-state index in [4.69, 9.17) is 23.2 Å². The molecule has 0 bridgehead atoms. The SMILES string of the molecule is O=C(c1cc(Cl)sc1Cl)C1CCc2cccnc21. The van der Waals surface area contributed by atoms with E-state index in [0.717, 1.165) is 24.1 Å². The number of nitrogens with zero attached hydrogens (tertiary/aromatic N) is 1. The average Bonchev–Trinajstić information content (AvgIpc) is 2.92. The summed E-state index contributed by atoms with van der Waals surface area (Å²) in [5.74, 6) is -0.148. The fourth-order valence-corrected chi connectivity index (χ4v) is 3.84. The Morgan fingerprint density at radius 3 is 3.00 bits per heavy atom. The highest BCUT2D eigenvalue weighted by Gasteiger charge is 2.32. The summed E-state index contributed by atoms with van der Waals surface area (Å²) in [6, 6.07) is 5.58. The molecule has 0 fully saturated rings. The van der Waals surface area contributed by atoms with Crippen molar-refractivity contribution < 1.29 is 4.79 Å². The van der Waals surface area contributed by atoms with Crippen LogP contribution in [0.3, 0.4) is 0 Å². The summed E-state index contributed by atoms with van der Waals surface area (Å²) in [6.07, 6.45) is 3.43. The minimum atomic E-state index is -0.177. The van der Waals surface area contributed by atoms with Crippen LogP contribution < -0.4 is 0 Å². The molecule has 18 heavy (non-hydrogen) atoms. The molecule has 5 heteroatoms. The number of fused-ring (bicyclic) bond motifs is 1. The Balaban J connectivity index is 1.98. The van der Waals surface area contributed by atoms with E-state index in [9.17, 15) is 4.79 Å². The number of hydrogen-bond acceptors (Lipinski definition) is 3. The molecule has 0 radical (unpaired) electrons. The van der Waals surface area contributed by atoms with E-state index >= 15 is 0 Å². The number of carbonyl (C=O) groups excluding carboxylic acids is 1. The average molecular weight is 298 g/mol. The Morgan fingerprint density at radius 2 is 2.28 bits per heavy atom. The number of thiophene rings is 1. The topological polar surface area (TPSA) is 30.0 Å². The minimum absolute atomic E-state index is 0.0283. The number of hydrogen-bond donors (Lipinski definition) is 0. The molecule has 0 aliphatic heterocycles. The van der Waals surface area contributed by atoms with Crippen molar-refractivity contribution in [3.63, 3.8) is 0 Å². The molecule has 1 atom stereocenters. The van der Waals surface area contributed by atoms with Crippen molar-refractivity contribution >= 4 is 40.3 Å². The van der Waals surface area contributed by atoms with E-state index in [1.54, 1.807) is 12.3 Å². The minimum Gasteiger partial charge on any atom is -0.293 e. The van der Waals surface area contributed by atoms with Crippen LogP contribution in [0.4, 0.5) is 0 Å². The van der Waals surface area contributed by atoms with E-state index in [2.05, 4.69) is 4.98 Å². The molecule has 0 spiro atoms. The van der Waals surface area contributed by atoms with Crippen LogP contribution in [0, 0.1) is 0 Å². The molecule has 2 heterocycles. The van der Waals surface area contributed by atoms with Crippen LogP contribution in [0.5, 0.6) is 0 Å². The second-order valence-corrected chi connectivity index (χ2v) is 6.53. The number of rotatable bonds is 2. The van der Waals surface area contributed by atoms with Crippen LogP contribution in [0.25, 0.3) is 0 Å². The van der Waals surface area contributed by atoms with E-state index in [0.29, 0.717) is 14.2 Å². The van der Waals surface area contributed by atoms with Gasteiger partial charge in [0, 0.05) is 11.8 Å². The molecule has 2 aromatic heterocycles. The van der Waals surface area contributed by atoms with Gasteiger partial charge in [-0.3, -0.25) is 9.78 Å². The maximum Gasteiger partial charge on any atom is 0.174 e. The molecule has 2 nitrogen and oxygen atoms in total. The summed E-state index contributed by atoms with van der Waals surface area (Å²) in [5.41, 5.74) is 2.57. The predicted octanol–water partition coefficient (Wildman–Crippen LogP) is 4.36. The van der Waals surface area contributed by atoms with Gasteiger partial charge in [0.25, 0.3) is 0 Å². The molecule has 1 unspecified atom stereocenters. The molecule has 0 saturated heterocycles. The molecule has 0 saturated carbocycles. The summed E-state index contributed by atoms with van der Waals surface area (Å²) in [5, 5.41) is 0. The second-order valence-electron chi connectivity index (χ2n) is 4.24. The molecule has 1 aliphatic carbocycles. The lowest BCUT2D eigenvalue weighted by Gasteiger charge is -2.08. The Kier molecular flexibility index (Phi) is 3.14. The highest BCUT2D eigenvalue weighted by Crippen LogP contribution is 2.38. The molecule has 1 aliphatic rings. The van der Waals surface area contributed by atoms with Crippen LogP contribution >= 0.6 is 34.5 Å². The molecular weight excluding hydrogens is 289 g/mol. The van der Waals surface area contributed by atoms with Gasteiger partial charge in [0.2, 0.25) is 0 Å². The zero-order valence-corrected chi connectivity index (χ0v) is 11.6. The van der Waals surface area contributed by atoms with Crippen molar-refractivity contribution in [1.82, 2.24) is 4.98 Å². The highest BCUT2D eigenvalue weighted by molar-refractivity contribution is 7.20. The molecule has 3 rings (SSSR count). The van der Waals surface area contributed by atoms with Crippen molar-refractivity contribution in [2.24, 2.45) is 0 Å². The third kappa shape index (κ3) is 1.96. The fourth-order valence-electron chi connectivity index (χ4n) is 2.36. The Labute approximate surface area is 119 Å². The summed E-state index contributed by atoms with van der Waals surface area (Å²) >= 11 is 13.1. The summed E-state index contributed by atoms with van der Waals surface area (Å²) in [4.78, 5) is 16.8. The zero-order valence-electron chi connectivity index (χ0n) is 9.32. The summed E-state index contributed by atoms with van der Waals surface area (Å²) < 4.78 is 1.01. The van der Waals surface area contributed by atoms with E-state index < -0.39 is 0 Å². The largest absolute Gasteiger partial charge is 0.293 e. The maximum absolute atomic E-state index is 12.5. The van der Waals surface area contributed by atoms with E-state index in [-0.39, 0.29) is 11.7 Å². The van der Waals surface area contributed by atoms with Gasteiger partial charge in [0.15, 0.2) is 5.78 Å². The first-order valence-corrected chi connectivity index (χ1v) is 7.17. The number of ketones is 1. The van der Waals surface area contributed by atoms with Crippen molar-refractivity contribution in [2.75, 3.05) is 0 Å². The van der Waals surface area contributed by atoms with Crippen LogP contribution in [-0.2, 0) is 6.42 Å². The van der Waals surface area contributed by atoms with Crippen LogP contribution in [0.15, 0.2) is 24.4 Å². The molecule has 92 valence electrons. The van der Waals surface area contributed by atoms with Crippen molar-refractivity contribution in [1.29, 1.82) is 0 Å². The molecule has 2 aromatic rings. The Bertz CT molecular complexity index is 623. The standard InChI is InChI=1S/C13H9Cl2NOS/c14-10-6-9(13(15)18-10)12(17)8-4-3-7-2-1-5-16-11(7)8/h1-2,5-6,8H,3-4H2. The van der Waals surface area contributed by atoms with Crippen molar-refractivity contribution in [3.8, 4) is 0 Å². The van der Waals surface area contributed by atoms with E-state index in [1.807, 2.05) is 12.1 Å². The number of Topliss-reactive ketones (excluding diaryl/α,β-unsaturated/α-hetero) is 1.